The molecule has 0 radical (unpaired) electrons. The number of aliphatic carboxylic acids is 1. The van der Waals surface area contributed by atoms with Crippen LogP contribution in [0.15, 0.2) is 6.33 Å². The van der Waals surface area contributed by atoms with Crippen LogP contribution in [-0.4, -0.2) is 49.9 Å². The van der Waals surface area contributed by atoms with Crippen LogP contribution >= 0.6 is 0 Å². The molecule has 0 bridgehead atoms. The van der Waals surface area contributed by atoms with Crippen LogP contribution in [0.1, 0.15) is 19.7 Å². The second-order valence-electron chi connectivity index (χ2n) is 5.02. The van der Waals surface area contributed by atoms with Crippen LogP contribution in [0.25, 0.3) is 0 Å². The van der Waals surface area contributed by atoms with Gasteiger partial charge in [-0.15, -0.1) is 10.2 Å². The van der Waals surface area contributed by atoms with Crippen LogP contribution in [0, 0.1) is 11.8 Å². The highest BCUT2D eigenvalue weighted by Gasteiger charge is 2.36. The van der Waals surface area contributed by atoms with Crippen LogP contribution in [-0.2, 0) is 17.9 Å². The maximum Gasteiger partial charge on any atom is 0.317 e. The summed E-state index contributed by atoms with van der Waals surface area (Å²) in [6.45, 7) is 5.55. The molecule has 20 heavy (non-hydrogen) atoms. The topological polar surface area (TPSA) is 100 Å². The van der Waals surface area contributed by atoms with E-state index in [1.807, 2.05) is 18.4 Å². The Bertz CT molecular complexity index is 501. The molecule has 0 aliphatic carbocycles. The Morgan fingerprint density at radius 3 is 2.85 bits per heavy atom. The van der Waals surface area contributed by atoms with Gasteiger partial charge in [0.1, 0.15) is 6.33 Å². The van der Waals surface area contributed by atoms with E-state index in [1.165, 1.54) is 4.90 Å². The van der Waals surface area contributed by atoms with Gasteiger partial charge in [0, 0.05) is 19.6 Å². The lowest BCUT2D eigenvalue weighted by Gasteiger charge is -2.16. The van der Waals surface area contributed by atoms with Gasteiger partial charge >= 0.3 is 12.0 Å². The van der Waals surface area contributed by atoms with Gasteiger partial charge in [-0.25, -0.2) is 4.79 Å². The van der Waals surface area contributed by atoms with Gasteiger partial charge in [0.15, 0.2) is 5.82 Å². The number of nitrogens with one attached hydrogen (secondary N) is 1. The molecule has 2 N–H and O–H groups in total. The van der Waals surface area contributed by atoms with E-state index in [4.69, 9.17) is 5.11 Å². The molecule has 2 amide bonds. The molecule has 2 heterocycles. The number of rotatable bonds is 4. The fraction of sp³-hybridized carbons (Fsp3) is 0.667. The van der Waals surface area contributed by atoms with E-state index >= 15 is 0 Å². The number of carboxylic acids is 1. The largest absolute Gasteiger partial charge is 0.481 e. The van der Waals surface area contributed by atoms with Crippen molar-refractivity contribution in [3.63, 3.8) is 0 Å². The van der Waals surface area contributed by atoms with Crippen LogP contribution < -0.4 is 5.32 Å². The minimum atomic E-state index is -0.849. The van der Waals surface area contributed by atoms with Crippen molar-refractivity contribution in [3.05, 3.63) is 12.2 Å². The molecule has 1 aromatic heterocycles. The van der Waals surface area contributed by atoms with Gasteiger partial charge in [0.2, 0.25) is 0 Å². The van der Waals surface area contributed by atoms with Crippen LogP contribution in [0.4, 0.5) is 4.79 Å². The molecule has 0 spiro atoms. The van der Waals surface area contributed by atoms with Crippen molar-refractivity contribution >= 4 is 12.0 Å². The number of aryl methyl sites for hydroxylation is 1. The molecular weight excluding hydrogens is 262 g/mol. The van der Waals surface area contributed by atoms with Gasteiger partial charge in [0.05, 0.1) is 12.5 Å². The molecule has 0 unspecified atom stereocenters. The van der Waals surface area contributed by atoms with Gasteiger partial charge in [-0.1, -0.05) is 6.92 Å². The summed E-state index contributed by atoms with van der Waals surface area (Å²) in [5, 5.41) is 19.5. The number of hydrogen-bond donors (Lipinski definition) is 2. The third kappa shape index (κ3) is 2.89. The Balaban J connectivity index is 1.89. The average molecular weight is 281 g/mol. The monoisotopic (exact) mass is 281 g/mol. The normalized spacial score (nSPS) is 22.0. The van der Waals surface area contributed by atoms with Crippen molar-refractivity contribution in [1.82, 2.24) is 25.0 Å². The van der Waals surface area contributed by atoms with Crippen molar-refractivity contribution < 1.29 is 14.7 Å². The van der Waals surface area contributed by atoms with Crippen LogP contribution in [0.5, 0.6) is 0 Å². The summed E-state index contributed by atoms with van der Waals surface area (Å²) < 4.78 is 1.84. The molecule has 1 saturated heterocycles. The maximum atomic E-state index is 12.0. The van der Waals surface area contributed by atoms with E-state index in [-0.39, 0.29) is 25.0 Å². The number of hydrogen-bond acceptors (Lipinski definition) is 4. The second-order valence-corrected chi connectivity index (χ2v) is 5.02. The summed E-state index contributed by atoms with van der Waals surface area (Å²) in [6.07, 6.45) is 1.61. The first-order chi connectivity index (χ1) is 9.52. The molecule has 8 nitrogen and oxygen atoms in total. The first kappa shape index (κ1) is 14.3. The Labute approximate surface area is 116 Å². The first-order valence-electron chi connectivity index (χ1n) is 6.65. The van der Waals surface area contributed by atoms with Crippen molar-refractivity contribution in [3.8, 4) is 0 Å². The molecule has 1 fully saturated rings. The molecular formula is C12H19N5O3. The van der Waals surface area contributed by atoms with Crippen LogP contribution in [0.2, 0.25) is 0 Å². The van der Waals surface area contributed by atoms with E-state index in [2.05, 4.69) is 15.5 Å². The molecule has 2 atom stereocenters. The van der Waals surface area contributed by atoms with E-state index in [0.29, 0.717) is 12.4 Å². The number of amides is 2. The van der Waals surface area contributed by atoms with Crippen molar-refractivity contribution in [2.24, 2.45) is 11.8 Å². The predicted octanol–water partition coefficient (Wildman–Crippen LogP) is 0.160. The molecule has 0 saturated carbocycles. The highest BCUT2D eigenvalue weighted by Crippen LogP contribution is 2.22. The molecule has 0 aromatic carbocycles. The smallest absolute Gasteiger partial charge is 0.317 e. The Morgan fingerprint density at radius 1 is 1.50 bits per heavy atom. The summed E-state index contributed by atoms with van der Waals surface area (Å²) in [4.78, 5) is 24.6. The fourth-order valence-corrected chi connectivity index (χ4v) is 2.40. The van der Waals surface area contributed by atoms with E-state index < -0.39 is 11.9 Å². The van der Waals surface area contributed by atoms with E-state index in [0.717, 1.165) is 6.54 Å². The lowest BCUT2D eigenvalue weighted by molar-refractivity contribution is -0.142. The highest BCUT2D eigenvalue weighted by atomic mass is 16.4. The summed E-state index contributed by atoms with van der Waals surface area (Å²) in [5.41, 5.74) is 0. The zero-order valence-corrected chi connectivity index (χ0v) is 11.6. The standard InChI is InChI=1S/C12H19N5O3/c1-3-16-7-14-15-10(16)4-13-12(20)17-5-8(2)9(6-17)11(18)19/h7-9H,3-6H2,1-2H3,(H,13,20)(H,18,19)/t8-,9-/m1/s1. The minimum absolute atomic E-state index is 0.0301. The SMILES string of the molecule is CCn1cnnc1CNC(=O)N1C[C@@H](C)[C@H](C(=O)O)C1. The Kier molecular flexibility index (Phi) is 4.21. The van der Waals surface area contributed by atoms with Gasteiger partial charge in [-0.3, -0.25) is 4.79 Å². The number of likely N-dealkylation sites (tertiary alicyclic amines) is 1. The average Bonchev–Trinajstić information content (AvgIpc) is 3.01. The number of nitrogens with zero attached hydrogens (tertiary/aromatic N) is 4. The second kappa shape index (κ2) is 5.89. The summed E-state index contributed by atoms with van der Waals surface area (Å²) >= 11 is 0. The van der Waals surface area contributed by atoms with E-state index in [9.17, 15) is 9.59 Å². The third-order valence-corrected chi connectivity index (χ3v) is 3.65. The number of urea groups is 1. The van der Waals surface area contributed by atoms with Crippen LogP contribution in [0.3, 0.4) is 0 Å². The summed E-state index contributed by atoms with van der Waals surface area (Å²) in [5.74, 6) is -0.681. The number of aromatic nitrogens is 3. The van der Waals surface area contributed by atoms with E-state index in [1.54, 1.807) is 6.33 Å². The lowest BCUT2D eigenvalue weighted by atomic mass is 9.99. The number of carbonyl (C=O) groups is 2. The minimum Gasteiger partial charge on any atom is -0.481 e. The summed E-state index contributed by atoms with van der Waals surface area (Å²) in [7, 11) is 0. The van der Waals surface area contributed by atoms with Gasteiger partial charge in [-0.2, -0.15) is 0 Å². The molecule has 110 valence electrons. The van der Waals surface area contributed by atoms with Gasteiger partial charge in [-0.05, 0) is 12.8 Å². The molecule has 8 heteroatoms. The van der Waals surface area contributed by atoms with Crippen molar-refractivity contribution in [2.45, 2.75) is 26.9 Å². The molecule has 1 aliphatic heterocycles. The van der Waals surface area contributed by atoms with Gasteiger partial charge in [0.25, 0.3) is 0 Å². The zero-order valence-electron chi connectivity index (χ0n) is 11.6. The Morgan fingerprint density at radius 2 is 2.25 bits per heavy atom. The number of carbonyl (C=O) groups excluding carboxylic acids is 1. The zero-order chi connectivity index (χ0) is 14.7. The van der Waals surface area contributed by atoms with Crippen molar-refractivity contribution in [1.29, 1.82) is 0 Å². The quantitative estimate of drug-likeness (QED) is 0.818. The fourth-order valence-electron chi connectivity index (χ4n) is 2.40. The van der Waals surface area contributed by atoms with Crippen molar-refractivity contribution in [2.75, 3.05) is 13.1 Å². The molecule has 1 aliphatic rings. The highest BCUT2D eigenvalue weighted by molar-refractivity contribution is 5.77. The first-order valence-corrected chi connectivity index (χ1v) is 6.65. The molecule has 1 aromatic rings. The summed E-state index contributed by atoms with van der Waals surface area (Å²) in [6, 6.07) is -0.258. The maximum absolute atomic E-state index is 12.0. The molecule has 2 rings (SSSR count). The third-order valence-electron chi connectivity index (χ3n) is 3.65. The van der Waals surface area contributed by atoms with Gasteiger partial charge < -0.3 is 19.9 Å². The predicted molar refractivity (Wildman–Crippen MR) is 69.8 cm³/mol. The number of carboxylic acid groups (broad SMARTS) is 1. The Hall–Kier alpha value is -2.12. The lowest BCUT2D eigenvalue weighted by Crippen LogP contribution is -2.39.